The van der Waals surface area contributed by atoms with Crippen molar-refractivity contribution >= 4 is 0 Å². The maximum absolute atomic E-state index is 11.7. The Balaban J connectivity index is 2.45. The molecule has 0 amide bonds. The number of hydrogen-bond acceptors (Lipinski definition) is 5. The quantitative estimate of drug-likeness (QED) is 0.566. The van der Waals surface area contributed by atoms with Crippen molar-refractivity contribution in [1.29, 1.82) is 0 Å². The van der Waals surface area contributed by atoms with Gasteiger partial charge < -0.3 is 14.9 Å². The average Bonchev–Trinajstić information content (AvgIpc) is 2.61. The summed E-state index contributed by atoms with van der Waals surface area (Å²) in [6.07, 6.45) is -1.41. The van der Waals surface area contributed by atoms with E-state index in [0.29, 0.717) is 5.56 Å². The summed E-state index contributed by atoms with van der Waals surface area (Å²) in [5.41, 5.74) is -0.516. The van der Waals surface area contributed by atoms with Crippen molar-refractivity contribution in [2.24, 2.45) is 0 Å². The van der Waals surface area contributed by atoms with E-state index in [9.17, 15) is 14.7 Å². The van der Waals surface area contributed by atoms with E-state index in [1.165, 1.54) is 6.20 Å². The number of aromatic nitrogens is 2. The number of aliphatic hydroxyl groups is 2. The van der Waals surface area contributed by atoms with Crippen LogP contribution in [0, 0.1) is 6.92 Å². The fraction of sp³-hybridized carbons (Fsp3) is 0.455. The molecule has 3 atom stereocenters. The molecule has 2 rings (SSSR count). The number of H-pyrrole nitrogens is 1. The number of aliphatic hydroxyl groups excluding tert-OH is 2. The van der Waals surface area contributed by atoms with Crippen LogP contribution in [0.25, 0.3) is 0 Å². The van der Waals surface area contributed by atoms with Gasteiger partial charge in [-0.05, 0) is 6.92 Å². The van der Waals surface area contributed by atoms with Crippen LogP contribution >= 0.6 is 0 Å². The van der Waals surface area contributed by atoms with Crippen LogP contribution in [0.15, 0.2) is 27.9 Å². The number of aromatic amines is 1. The van der Waals surface area contributed by atoms with Crippen LogP contribution in [0.3, 0.4) is 0 Å². The van der Waals surface area contributed by atoms with Crippen molar-refractivity contribution in [3.63, 3.8) is 0 Å². The van der Waals surface area contributed by atoms with Crippen LogP contribution in [-0.2, 0) is 4.74 Å². The Morgan fingerprint density at radius 2 is 2.22 bits per heavy atom. The first-order valence-electron chi connectivity index (χ1n) is 5.41. The standard InChI is InChI=1S/C11H14N2O5/c1-5-3-13(11(17)12-9(5)16)10-6(2)8(15)7(4-14)18-10/h3,7-8,10,14-15H,2,4H2,1H3,(H,12,16,17)/t7-,8+,10-/m1/s1. The molecule has 18 heavy (non-hydrogen) atoms. The van der Waals surface area contributed by atoms with Crippen LogP contribution in [-0.4, -0.2) is 38.6 Å². The molecule has 3 N–H and O–H groups in total. The highest BCUT2D eigenvalue weighted by molar-refractivity contribution is 5.16. The second-order valence-electron chi connectivity index (χ2n) is 4.21. The molecule has 1 aliphatic heterocycles. The molecule has 7 heteroatoms. The van der Waals surface area contributed by atoms with E-state index in [4.69, 9.17) is 9.84 Å². The first kappa shape index (κ1) is 12.7. The zero-order valence-corrected chi connectivity index (χ0v) is 9.79. The number of nitrogens with one attached hydrogen (secondary N) is 1. The van der Waals surface area contributed by atoms with E-state index in [2.05, 4.69) is 11.6 Å². The molecule has 1 aliphatic rings. The molecule has 1 saturated heterocycles. The number of rotatable bonds is 2. The van der Waals surface area contributed by atoms with Gasteiger partial charge in [-0.15, -0.1) is 0 Å². The predicted molar refractivity (Wildman–Crippen MR) is 62.2 cm³/mol. The van der Waals surface area contributed by atoms with Gasteiger partial charge in [-0.2, -0.15) is 0 Å². The lowest BCUT2D eigenvalue weighted by Crippen LogP contribution is -2.33. The van der Waals surface area contributed by atoms with E-state index < -0.39 is 29.7 Å². The van der Waals surface area contributed by atoms with Gasteiger partial charge in [-0.3, -0.25) is 14.3 Å². The van der Waals surface area contributed by atoms with Crippen molar-refractivity contribution < 1.29 is 14.9 Å². The second kappa shape index (κ2) is 4.52. The summed E-state index contributed by atoms with van der Waals surface area (Å²) in [7, 11) is 0. The number of ether oxygens (including phenoxy) is 1. The fourth-order valence-electron chi connectivity index (χ4n) is 1.86. The van der Waals surface area contributed by atoms with Crippen molar-refractivity contribution in [3.8, 4) is 0 Å². The van der Waals surface area contributed by atoms with Crippen LogP contribution in [0.5, 0.6) is 0 Å². The Hall–Kier alpha value is -1.70. The summed E-state index contributed by atoms with van der Waals surface area (Å²) in [6.45, 7) is 4.81. The second-order valence-corrected chi connectivity index (χ2v) is 4.21. The van der Waals surface area contributed by atoms with Crippen LogP contribution in [0.4, 0.5) is 0 Å². The normalized spacial score (nSPS) is 27.7. The maximum atomic E-state index is 11.7. The van der Waals surface area contributed by atoms with Crippen LogP contribution in [0.2, 0.25) is 0 Å². The summed E-state index contributed by atoms with van der Waals surface area (Å²) < 4.78 is 6.48. The third-order valence-electron chi connectivity index (χ3n) is 2.93. The molecule has 0 saturated carbocycles. The van der Waals surface area contributed by atoms with Crippen molar-refractivity contribution in [2.45, 2.75) is 25.4 Å². The Labute approximate surface area is 102 Å². The van der Waals surface area contributed by atoms with E-state index >= 15 is 0 Å². The smallest absolute Gasteiger partial charge is 0.330 e. The molecular formula is C11H14N2O5. The summed E-state index contributed by atoms with van der Waals surface area (Å²) in [5.74, 6) is 0. The third kappa shape index (κ3) is 1.92. The van der Waals surface area contributed by atoms with Gasteiger partial charge in [0, 0.05) is 17.3 Å². The van der Waals surface area contributed by atoms with Crippen LogP contribution in [0.1, 0.15) is 11.8 Å². The Kier molecular flexibility index (Phi) is 3.20. The highest BCUT2D eigenvalue weighted by Crippen LogP contribution is 2.31. The minimum atomic E-state index is -1.04. The SMILES string of the molecule is C=C1[C@H](n2cc(C)c(=O)[nH]c2=O)O[C@H](CO)[C@H]1O. The number of hydrogen-bond donors (Lipinski definition) is 3. The molecular weight excluding hydrogens is 240 g/mol. The monoisotopic (exact) mass is 254 g/mol. The topological polar surface area (TPSA) is 105 Å². The van der Waals surface area contributed by atoms with Crippen LogP contribution < -0.4 is 11.2 Å². The van der Waals surface area contributed by atoms with E-state index in [1.54, 1.807) is 6.92 Å². The lowest BCUT2D eigenvalue weighted by molar-refractivity contribution is -0.0448. The summed E-state index contributed by atoms with van der Waals surface area (Å²) in [4.78, 5) is 25.1. The maximum Gasteiger partial charge on any atom is 0.330 e. The van der Waals surface area contributed by atoms with E-state index in [1.807, 2.05) is 0 Å². The molecule has 7 nitrogen and oxygen atoms in total. The first-order valence-corrected chi connectivity index (χ1v) is 5.41. The third-order valence-corrected chi connectivity index (χ3v) is 2.93. The molecule has 1 fully saturated rings. The van der Waals surface area contributed by atoms with Gasteiger partial charge in [-0.25, -0.2) is 4.79 Å². The molecule has 0 radical (unpaired) electrons. The van der Waals surface area contributed by atoms with Crippen molar-refractivity contribution in [3.05, 3.63) is 44.8 Å². The van der Waals surface area contributed by atoms with E-state index in [-0.39, 0.29) is 12.2 Å². The highest BCUT2D eigenvalue weighted by atomic mass is 16.5. The molecule has 98 valence electrons. The molecule has 1 aromatic rings. The Morgan fingerprint density at radius 3 is 2.78 bits per heavy atom. The van der Waals surface area contributed by atoms with Gasteiger partial charge in [0.15, 0.2) is 6.23 Å². The minimum absolute atomic E-state index is 0.266. The lowest BCUT2D eigenvalue weighted by atomic mass is 10.1. The highest BCUT2D eigenvalue weighted by Gasteiger charge is 2.38. The molecule has 2 heterocycles. The minimum Gasteiger partial charge on any atom is -0.394 e. The van der Waals surface area contributed by atoms with Crippen molar-refractivity contribution in [2.75, 3.05) is 6.61 Å². The Bertz CT molecular complexity index is 588. The summed E-state index contributed by atoms with van der Waals surface area (Å²) in [6, 6.07) is 0. The molecule has 0 aromatic carbocycles. The number of nitrogens with zero attached hydrogens (tertiary/aromatic N) is 1. The molecule has 1 aromatic heterocycles. The first-order chi connectivity index (χ1) is 8.45. The zero-order valence-electron chi connectivity index (χ0n) is 9.79. The fourth-order valence-corrected chi connectivity index (χ4v) is 1.86. The largest absolute Gasteiger partial charge is 0.394 e. The molecule has 0 bridgehead atoms. The molecule has 0 spiro atoms. The Morgan fingerprint density at radius 1 is 1.56 bits per heavy atom. The van der Waals surface area contributed by atoms with Gasteiger partial charge in [0.1, 0.15) is 12.2 Å². The van der Waals surface area contributed by atoms with Gasteiger partial charge in [0.05, 0.1) is 6.61 Å². The van der Waals surface area contributed by atoms with Gasteiger partial charge >= 0.3 is 5.69 Å². The van der Waals surface area contributed by atoms with Gasteiger partial charge in [-0.1, -0.05) is 6.58 Å². The lowest BCUT2D eigenvalue weighted by Gasteiger charge is -2.15. The molecule has 0 aliphatic carbocycles. The summed E-state index contributed by atoms with van der Waals surface area (Å²) in [5, 5.41) is 18.7. The zero-order chi connectivity index (χ0) is 13.4. The summed E-state index contributed by atoms with van der Waals surface area (Å²) >= 11 is 0. The van der Waals surface area contributed by atoms with E-state index in [0.717, 1.165) is 4.57 Å². The predicted octanol–water partition coefficient (Wildman–Crippen LogP) is -1.35. The van der Waals surface area contributed by atoms with Crippen molar-refractivity contribution in [1.82, 2.24) is 9.55 Å². The van der Waals surface area contributed by atoms with Gasteiger partial charge in [0.25, 0.3) is 5.56 Å². The van der Waals surface area contributed by atoms with Gasteiger partial charge in [0.2, 0.25) is 0 Å². The molecule has 0 unspecified atom stereocenters. The number of aryl methyl sites for hydroxylation is 1. The average molecular weight is 254 g/mol.